The summed E-state index contributed by atoms with van der Waals surface area (Å²) in [7, 11) is -1.47. The molecule has 1 aliphatic heterocycles. The molecule has 6 heteroatoms. The Morgan fingerprint density at radius 3 is 2.63 bits per heavy atom. The third-order valence-corrected chi connectivity index (χ3v) is 5.11. The number of hydrogen-bond donors (Lipinski definition) is 1. The number of aliphatic hydroxyl groups is 1. The Kier molecular flexibility index (Phi) is 5.79. The highest BCUT2D eigenvalue weighted by Gasteiger charge is 2.29. The first-order valence-corrected chi connectivity index (χ1v) is 8.67. The Morgan fingerprint density at radius 1 is 1.47 bits per heavy atom. The van der Waals surface area contributed by atoms with Gasteiger partial charge >= 0.3 is 0 Å². The van der Waals surface area contributed by atoms with Crippen molar-refractivity contribution in [2.45, 2.75) is 51.2 Å². The fourth-order valence-corrected chi connectivity index (χ4v) is 3.58. The number of aliphatic hydroxyl groups excluding tert-OH is 1. The van der Waals surface area contributed by atoms with E-state index in [0.717, 1.165) is 12.8 Å². The van der Waals surface area contributed by atoms with Crippen LogP contribution in [0.4, 0.5) is 0 Å². The molecule has 114 valence electrons. The SMILES string of the molecule is COC(C)(C)CC(O)CC1CCCN(S(C)(=O)=O)C1. The van der Waals surface area contributed by atoms with Crippen LogP contribution in [0.1, 0.15) is 39.5 Å². The maximum absolute atomic E-state index is 11.5. The van der Waals surface area contributed by atoms with Crippen molar-refractivity contribution in [2.24, 2.45) is 5.92 Å². The predicted octanol–water partition coefficient (Wildman–Crippen LogP) is 1.22. The number of methoxy groups -OCH3 is 1. The quantitative estimate of drug-likeness (QED) is 0.800. The lowest BCUT2D eigenvalue weighted by atomic mass is 9.89. The number of rotatable bonds is 6. The standard InChI is InChI=1S/C13H27NO4S/c1-13(2,18-3)9-12(15)8-11-6-5-7-14(10-11)19(4,16)17/h11-12,15H,5-10H2,1-4H3. The van der Waals surface area contributed by atoms with Crippen molar-refractivity contribution >= 4 is 10.0 Å². The van der Waals surface area contributed by atoms with Crippen molar-refractivity contribution in [2.75, 3.05) is 26.5 Å². The van der Waals surface area contributed by atoms with Gasteiger partial charge in [-0.2, -0.15) is 0 Å². The van der Waals surface area contributed by atoms with Crippen molar-refractivity contribution in [1.29, 1.82) is 0 Å². The Hall–Kier alpha value is -0.170. The Bertz CT molecular complexity index is 380. The van der Waals surface area contributed by atoms with Crippen molar-refractivity contribution in [3.63, 3.8) is 0 Å². The molecule has 0 aromatic heterocycles. The van der Waals surface area contributed by atoms with Crippen LogP contribution in [-0.4, -0.2) is 56.0 Å². The van der Waals surface area contributed by atoms with E-state index in [9.17, 15) is 13.5 Å². The lowest BCUT2D eigenvalue weighted by Crippen LogP contribution is -2.40. The van der Waals surface area contributed by atoms with Crippen LogP contribution in [-0.2, 0) is 14.8 Å². The monoisotopic (exact) mass is 293 g/mol. The smallest absolute Gasteiger partial charge is 0.211 e. The molecule has 1 aliphatic rings. The molecular formula is C13H27NO4S. The van der Waals surface area contributed by atoms with Crippen LogP contribution in [0.2, 0.25) is 0 Å². The average molecular weight is 293 g/mol. The summed E-state index contributed by atoms with van der Waals surface area (Å²) in [5.41, 5.74) is -0.343. The second-order valence-corrected chi connectivity index (χ2v) is 8.17. The van der Waals surface area contributed by atoms with Gasteiger partial charge in [-0.25, -0.2) is 12.7 Å². The van der Waals surface area contributed by atoms with Gasteiger partial charge in [0, 0.05) is 26.6 Å². The zero-order valence-electron chi connectivity index (χ0n) is 12.4. The molecule has 0 bridgehead atoms. The first kappa shape index (κ1) is 16.9. The first-order valence-electron chi connectivity index (χ1n) is 6.82. The van der Waals surface area contributed by atoms with Crippen molar-refractivity contribution in [3.05, 3.63) is 0 Å². The van der Waals surface area contributed by atoms with Crippen molar-refractivity contribution < 1.29 is 18.3 Å². The molecule has 0 aromatic rings. The van der Waals surface area contributed by atoms with E-state index in [1.54, 1.807) is 7.11 Å². The van der Waals surface area contributed by atoms with Crippen LogP contribution in [0.5, 0.6) is 0 Å². The molecule has 1 heterocycles. The van der Waals surface area contributed by atoms with Gasteiger partial charge in [0.1, 0.15) is 0 Å². The molecule has 0 saturated carbocycles. The molecule has 19 heavy (non-hydrogen) atoms. The van der Waals surface area contributed by atoms with Crippen LogP contribution in [0.15, 0.2) is 0 Å². The molecule has 5 nitrogen and oxygen atoms in total. The van der Waals surface area contributed by atoms with Crippen LogP contribution in [0, 0.1) is 5.92 Å². The second-order valence-electron chi connectivity index (χ2n) is 6.19. The Morgan fingerprint density at radius 2 is 2.11 bits per heavy atom. The Labute approximate surface area is 117 Å². The van der Waals surface area contributed by atoms with Gasteiger partial charge in [0.25, 0.3) is 0 Å². The minimum Gasteiger partial charge on any atom is -0.393 e. The molecular weight excluding hydrogens is 266 g/mol. The number of sulfonamides is 1. The van der Waals surface area contributed by atoms with Crippen molar-refractivity contribution in [3.8, 4) is 0 Å². The summed E-state index contributed by atoms with van der Waals surface area (Å²) in [5.74, 6) is 0.242. The van der Waals surface area contributed by atoms with Gasteiger partial charge in [-0.3, -0.25) is 0 Å². The molecule has 0 aromatic carbocycles. The summed E-state index contributed by atoms with van der Waals surface area (Å²) in [6, 6.07) is 0. The molecule has 1 rings (SSSR count). The fraction of sp³-hybridized carbons (Fsp3) is 1.00. The first-order chi connectivity index (χ1) is 8.64. The summed E-state index contributed by atoms with van der Waals surface area (Å²) in [6.45, 7) is 5.03. The fourth-order valence-electron chi connectivity index (χ4n) is 2.64. The lowest BCUT2D eigenvalue weighted by molar-refractivity contribution is -0.0260. The largest absolute Gasteiger partial charge is 0.393 e. The zero-order chi connectivity index (χ0) is 14.7. The minimum absolute atomic E-state index is 0.242. The number of hydrogen-bond acceptors (Lipinski definition) is 4. The highest BCUT2D eigenvalue weighted by atomic mass is 32.2. The Balaban J connectivity index is 2.49. The molecule has 1 fully saturated rings. The molecule has 1 N–H and O–H groups in total. The van der Waals surface area contributed by atoms with E-state index >= 15 is 0 Å². The third kappa shape index (κ3) is 5.77. The molecule has 0 radical (unpaired) electrons. The van der Waals surface area contributed by atoms with Gasteiger partial charge in [-0.1, -0.05) is 0 Å². The van der Waals surface area contributed by atoms with E-state index in [1.165, 1.54) is 10.6 Å². The van der Waals surface area contributed by atoms with Gasteiger partial charge in [-0.05, 0) is 39.0 Å². The normalized spacial score (nSPS) is 24.4. The van der Waals surface area contributed by atoms with E-state index in [-0.39, 0.29) is 11.5 Å². The van der Waals surface area contributed by atoms with E-state index in [0.29, 0.717) is 25.9 Å². The summed E-state index contributed by atoms with van der Waals surface area (Å²) >= 11 is 0. The molecule has 0 amide bonds. The second kappa shape index (κ2) is 6.52. The summed E-state index contributed by atoms with van der Waals surface area (Å²) in [6.07, 6.45) is 3.87. The molecule has 0 aliphatic carbocycles. The van der Waals surface area contributed by atoms with Gasteiger partial charge < -0.3 is 9.84 Å². The minimum atomic E-state index is -3.11. The van der Waals surface area contributed by atoms with E-state index in [2.05, 4.69) is 0 Å². The average Bonchev–Trinajstić information content (AvgIpc) is 2.27. The number of nitrogens with zero attached hydrogens (tertiary/aromatic N) is 1. The van der Waals surface area contributed by atoms with Crippen LogP contribution >= 0.6 is 0 Å². The summed E-state index contributed by atoms with van der Waals surface area (Å²) in [5, 5.41) is 10.1. The lowest BCUT2D eigenvalue weighted by Gasteiger charge is -2.33. The van der Waals surface area contributed by atoms with E-state index in [1.807, 2.05) is 13.8 Å². The topological polar surface area (TPSA) is 66.8 Å². The molecule has 0 spiro atoms. The maximum Gasteiger partial charge on any atom is 0.211 e. The van der Waals surface area contributed by atoms with Gasteiger partial charge in [-0.15, -0.1) is 0 Å². The van der Waals surface area contributed by atoms with Crippen LogP contribution < -0.4 is 0 Å². The molecule has 2 atom stereocenters. The van der Waals surface area contributed by atoms with Gasteiger partial charge in [0.05, 0.1) is 18.0 Å². The van der Waals surface area contributed by atoms with E-state index < -0.39 is 16.1 Å². The third-order valence-electron chi connectivity index (χ3n) is 3.84. The number of ether oxygens (including phenoxy) is 1. The van der Waals surface area contributed by atoms with Gasteiger partial charge in [0.2, 0.25) is 10.0 Å². The number of piperidine rings is 1. The summed E-state index contributed by atoms with van der Waals surface area (Å²) < 4.78 is 29.9. The van der Waals surface area contributed by atoms with Crippen LogP contribution in [0.3, 0.4) is 0 Å². The maximum atomic E-state index is 11.5. The highest BCUT2D eigenvalue weighted by Crippen LogP contribution is 2.26. The highest BCUT2D eigenvalue weighted by molar-refractivity contribution is 7.88. The van der Waals surface area contributed by atoms with Crippen molar-refractivity contribution in [1.82, 2.24) is 4.31 Å². The predicted molar refractivity (Wildman–Crippen MR) is 75.5 cm³/mol. The van der Waals surface area contributed by atoms with Gasteiger partial charge in [0.15, 0.2) is 0 Å². The molecule has 2 unspecified atom stereocenters. The van der Waals surface area contributed by atoms with Crippen LogP contribution in [0.25, 0.3) is 0 Å². The zero-order valence-corrected chi connectivity index (χ0v) is 13.2. The summed E-state index contributed by atoms with van der Waals surface area (Å²) in [4.78, 5) is 0. The van der Waals surface area contributed by atoms with E-state index in [4.69, 9.17) is 4.74 Å². The molecule has 1 saturated heterocycles.